The van der Waals surface area contributed by atoms with E-state index in [1.807, 2.05) is 19.2 Å². The highest BCUT2D eigenvalue weighted by atomic mass is 19.1. The van der Waals surface area contributed by atoms with Gasteiger partial charge in [0.2, 0.25) is 0 Å². The fraction of sp³-hybridized carbons (Fsp3) is 0.200. The van der Waals surface area contributed by atoms with Crippen LogP contribution in [0.15, 0.2) is 79.2 Å². The maximum Gasteiger partial charge on any atom is 0.123 e. The molecule has 0 aliphatic carbocycles. The molecule has 3 N–H and O–H groups in total. The van der Waals surface area contributed by atoms with E-state index in [1.54, 1.807) is 18.2 Å². The summed E-state index contributed by atoms with van der Waals surface area (Å²) in [4.78, 5) is 3.33. The number of H-pyrrole nitrogens is 1. The normalized spacial score (nSPS) is 13.3. The number of aromatic amines is 1. The molecule has 0 saturated carbocycles. The zero-order chi connectivity index (χ0) is 20.8. The first-order chi connectivity index (χ1) is 14.0. The number of hydrogen-bond donors (Lipinski definition) is 3. The summed E-state index contributed by atoms with van der Waals surface area (Å²) < 4.78 is 13.5. The van der Waals surface area contributed by atoms with Crippen molar-refractivity contribution < 1.29 is 9.50 Å². The van der Waals surface area contributed by atoms with Gasteiger partial charge in [0.1, 0.15) is 5.82 Å². The molecule has 150 valence electrons. The molecular weight excluding hydrogens is 363 g/mol. The van der Waals surface area contributed by atoms with Gasteiger partial charge in [-0.05, 0) is 60.4 Å². The Morgan fingerprint density at radius 2 is 2.00 bits per heavy atom. The van der Waals surface area contributed by atoms with Crippen LogP contribution >= 0.6 is 0 Å². The van der Waals surface area contributed by atoms with Gasteiger partial charge in [-0.2, -0.15) is 0 Å². The number of hydrogen-bond acceptors (Lipinski definition) is 2. The van der Waals surface area contributed by atoms with Crippen LogP contribution in [0.5, 0.6) is 0 Å². The van der Waals surface area contributed by atoms with Gasteiger partial charge in [-0.15, -0.1) is 0 Å². The Morgan fingerprint density at radius 3 is 2.69 bits per heavy atom. The van der Waals surface area contributed by atoms with Gasteiger partial charge in [0.05, 0.1) is 12.3 Å². The highest BCUT2D eigenvalue weighted by Crippen LogP contribution is 2.33. The zero-order valence-corrected chi connectivity index (χ0v) is 16.9. The Morgan fingerprint density at radius 1 is 1.24 bits per heavy atom. The standard InChI is InChI=1S/C25H27FN2O/c1-4-19-5-10-24-22(15-19)23(16-28-24)18(3)25(20-6-8-21(26)9-7-20)27-13-11-17(2)12-14-29/h5-12,14-16,25,27-29H,3-4,13H2,1-2H3/b14-12+,17-11-. The van der Waals surface area contributed by atoms with Crippen LogP contribution in [-0.4, -0.2) is 16.6 Å². The minimum Gasteiger partial charge on any atom is -0.516 e. The first kappa shape index (κ1) is 20.6. The van der Waals surface area contributed by atoms with E-state index in [9.17, 15) is 4.39 Å². The molecule has 0 aliphatic heterocycles. The minimum absolute atomic E-state index is 0.179. The molecule has 1 unspecified atom stereocenters. The summed E-state index contributed by atoms with van der Waals surface area (Å²) in [5.41, 5.74) is 6.20. The number of allylic oxidation sites excluding steroid dienone is 2. The maximum absolute atomic E-state index is 13.5. The van der Waals surface area contributed by atoms with Crippen molar-refractivity contribution >= 4 is 16.5 Å². The molecule has 3 aromatic rings. The fourth-order valence-electron chi connectivity index (χ4n) is 3.43. The van der Waals surface area contributed by atoms with Crippen LogP contribution in [0.2, 0.25) is 0 Å². The van der Waals surface area contributed by atoms with Crippen molar-refractivity contribution in [2.24, 2.45) is 0 Å². The monoisotopic (exact) mass is 390 g/mol. The largest absolute Gasteiger partial charge is 0.516 e. The Bertz CT molecular complexity index is 1040. The number of aromatic nitrogens is 1. The summed E-state index contributed by atoms with van der Waals surface area (Å²) in [6.07, 6.45) is 7.60. The number of fused-ring (bicyclic) bond motifs is 1. The molecule has 1 aromatic heterocycles. The van der Waals surface area contributed by atoms with Gasteiger partial charge in [-0.1, -0.05) is 43.4 Å². The van der Waals surface area contributed by atoms with Crippen molar-refractivity contribution in [1.29, 1.82) is 0 Å². The van der Waals surface area contributed by atoms with E-state index in [4.69, 9.17) is 5.11 Å². The lowest BCUT2D eigenvalue weighted by Gasteiger charge is -2.21. The van der Waals surface area contributed by atoms with E-state index in [-0.39, 0.29) is 11.9 Å². The Balaban J connectivity index is 1.95. The zero-order valence-electron chi connectivity index (χ0n) is 16.9. The van der Waals surface area contributed by atoms with Crippen molar-refractivity contribution in [3.63, 3.8) is 0 Å². The molecule has 0 fully saturated rings. The first-order valence-corrected chi connectivity index (χ1v) is 9.79. The van der Waals surface area contributed by atoms with Gasteiger partial charge < -0.3 is 15.4 Å². The second-order valence-electron chi connectivity index (χ2n) is 7.12. The molecule has 4 heteroatoms. The van der Waals surface area contributed by atoms with Crippen molar-refractivity contribution in [2.75, 3.05) is 6.54 Å². The van der Waals surface area contributed by atoms with Gasteiger partial charge in [-0.3, -0.25) is 0 Å². The second kappa shape index (κ2) is 9.39. The molecule has 29 heavy (non-hydrogen) atoms. The molecule has 0 radical (unpaired) electrons. The van der Waals surface area contributed by atoms with Gasteiger partial charge in [0.25, 0.3) is 0 Å². The average molecular weight is 391 g/mol. The lowest BCUT2D eigenvalue weighted by atomic mass is 9.93. The molecule has 3 rings (SSSR count). The molecule has 3 nitrogen and oxygen atoms in total. The summed E-state index contributed by atoms with van der Waals surface area (Å²) in [5.74, 6) is -0.262. The van der Waals surface area contributed by atoms with Crippen LogP contribution in [0.3, 0.4) is 0 Å². The van der Waals surface area contributed by atoms with Crippen LogP contribution in [0, 0.1) is 5.82 Å². The number of halogens is 1. The number of aliphatic hydroxyl groups excluding tert-OH is 1. The average Bonchev–Trinajstić information content (AvgIpc) is 3.15. The predicted octanol–water partition coefficient (Wildman–Crippen LogP) is 6.23. The first-order valence-electron chi connectivity index (χ1n) is 9.79. The summed E-state index contributed by atoms with van der Waals surface area (Å²) >= 11 is 0. The third kappa shape index (κ3) is 4.84. The minimum atomic E-state index is -0.262. The van der Waals surface area contributed by atoms with E-state index in [0.29, 0.717) is 6.54 Å². The van der Waals surface area contributed by atoms with E-state index < -0.39 is 0 Å². The number of rotatable bonds is 8. The van der Waals surface area contributed by atoms with Crippen molar-refractivity contribution in [2.45, 2.75) is 26.3 Å². The third-order valence-corrected chi connectivity index (χ3v) is 5.14. The predicted molar refractivity (Wildman–Crippen MR) is 119 cm³/mol. The third-order valence-electron chi connectivity index (χ3n) is 5.14. The van der Waals surface area contributed by atoms with E-state index in [1.165, 1.54) is 17.7 Å². The summed E-state index contributed by atoms with van der Waals surface area (Å²) in [6.45, 7) is 9.03. The molecule has 0 spiro atoms. The van der Waals surface area contributed by atoms with Crippen molar-refractivity contribution in [3.05, 3.63) is 102 Å². The molecule has 1 atom stereocenters. The van der Waals surface area contributed by atoms with Gasteiger partial charge in [-0.25, -0.2) is 4.39 Å². The van der Waals surface area contributed by atoms with Crippen LogP contribution in [0.4, 0.5) is 4.39 Å². The Hall–Kier alpha value is -3.11. The van der Waals surface area contributed by atoms with Crippen LogP contribution in [-0.2, 0) is 6.42 Å². The number of aryl methyl sites for hydroxylation is 1. The summed E-state index contributed by atoms with van der Waals surface area (Å²) in [7, 11) is 0. The lowest BCUT2D eigenvalue weighted by Crippen LogP contribution is -2.22. The van der Waals surface area contributed by atoms with Crippen molar-refractivity contribution in [1.82, 2.24) is 10.3 Å². The summed E-state index contributed by atoms with van der Waals surface area (Å²) in [5, 5.41) is 13.5. The molecular formula is C25H27FN2O. The Kier molecular flexibility index (Phi) is 6.68. The molecule has 0 aliphatic rings. The number of aliphatic hydroxyl groups is 1. The second-order valence-corrected chi connectivity index (χ2v) is 7.12. The molecule has 0 bridgehead atoms. The maximum atomic E-state index is 13.5. The van der Waals surface area contributed by atoms with Crippen LogP contribution < -0.4 is 5.32 Å². The fourth-order valence-corrected chi connectivity index (χ4v) is 3.43. The SMILES string of the molecule is C=C(c1c[nH]c2ccc(CC)cc12)C(NC/C=C(C)\C=C\O)c1ccc(F)cc1. The molecule has 0 amide bonds. The lowest BCUT2D eigenvalue weighted by molar-refractivity contribution is 0.473. The topological polar surface area (TPSA) is 48.0 Å². The Labute approximate surface area is 171 Å². The van der Waals surface area contributed by atoms with Crippen LogP contribution in [0.1, 0.15) is 36.6 Å². The van der Waals surface area contributed by atoms with E-state index >= 15 is 0 Å². The highest BCUT2D eigenvalue weighted by Gasteiger charge is 2.19. The van der Waals surface area contributed by atoms with Gasteiger partial charge >= 0.3 is 0 Å². The molecule has 0 saturated heterocycles. The highest BCUT2D eigenvalue weighted by molar-refractivity contribution is 5.93. The van der Waals surface area contributed by atoms with Gasteiger partial charge in [0.15, 0.2) is 0 Å². The van der Waals surface area contributed by atoms with Crippen molar-refractivity contribution in [3.8, 4) is 0 Å². The molecule has 1 heterocycles. The van der Waals surface area contributed by atoms with Crippen LogP contribution in [0.25, 0.3) is 16.5 Å². The smallest absolute Gasteiger partial charge is 0.123 e. The quantitative estimate of drug-likeness (QED) is 0.315. The van der Waals surface area contributed by atoms with Gasteiger partial charge in [0, 0.05) is 29.2 Å². The number of benzene rings is 2. The molecule has 2 aromatic carbocycles. The summed E-state index contributed by atoms with van der Waals surface area (Å²) in [6, 6.07) is 12.8. The number of nitrogens with one attached hydrogen (secondary N) is 2. The van der Waals surface area contributed by atoms with E-state index in [2.05, 4.69) is 42.0 Å². The van der Waals surface area contributed by atoms with E-state index in [0.717, 1.165) is 45.9 Å².